The molecule has 0 saturated heterocycles. The van der Waals surface area contributed by atoms with Crippen molar-refractivity contribution in [2.24, 2.45) is 5.14 Å². The van der Waals surface area contributed by atoms with Crippen LogP contribution < -0.4 is 9.88 Å². The standard InChI is InChI=1S/C7H6N2O3S2/c8-14(11,12)4-1-2-6-5(3-4)7(10)13-9-6/h1-3,9H,(H2,8,11,12). The Hall–Kier alpha value is -1.18. The normalized spacial score (nSPS) is 12.1. The molecule has 0 spiro atoms. The van der Waals surface area contributed by atoms with Crippen molar-refractivity contribution in [2.45, 2.75) is 4.90 Å². The van der Waals surface area contributed by atoms with Crippen LogP contribution in [0.5, 0.6) is 0 Å². The Morgan fingerprint density at radius 2 is 2.07 bits per heavy atom. The summed E-state index contributed by atoms with van der Waals surface area (Å²) >= 11 is 0.921. The molecule has 1 aromatic carbocycles. The molecule has 0 aliphatic carbocycles. The zero-order valence-corrected chi connectivity index (χ0v) is 8.48. The van der Waals surface area contributed by atoms with Crippen LogP contribution in [-0.2, 0) is 10.0 Å². The SMILES string of the molecule is NS(=O)(=O)c1ccc2[nH]sc(=O)c2c1. The predicted octanol–water partition coefficient (Wildman–Crippen LogP) is 0.237. The van der Waals surface area contributed by atoms with E-state index in [4.69, 9.17) is 5.14 Å². The maximum atomic E-state index is 11.2. The Morgan fingerprint density at radius 3 is 2.71 bits per heavy atom. The average Bonchev–Trinajstić information content (AvgIpc) is 2.46. The van der Waals surface area contributed by atoms with Crippen molar-refractivity contribution in [1.82, 2.24) is 4.37 Å². The number of benzene rings is 1. The minimum atomic E-state index is -3.74. The van der Waals surface area contributed by atoms with Crippen molar-refractivity contribution in [3.63, 3.8) is 0 Å². The monoisotopic (exact) mass is 230 g/mol. The highest BCUT2D eigenvalue weighted by atomic mass is 32.2. The van der Waals surface area contributed by atoms with Gasteiger partial charge in [-0.25, -0.2) is 13.6 Å². The van der Waals surface area contributed by atoms with E-state index in [1.807, 2.05) is 0 Å². The zero-order valence-electron chi connectivity index (χ0n) is 6.85. The molecule has 7 heteroatoms. The van der Waals surface area contributed by atoms with E-state index in [9.17, 15) is 13.2 Å². The summed E-state index contributed by atoms with van der Waals surface area (Å²) < 4.78 is 24.5. The van der Waals surface area contributed by atoms with Gasteiger partial charge in [-0.1, -0.05) is 0 Å². The van der Waals surface area contributed by atoms with Crippen LogP contribution >= 0.6 is 11.5 Å². The second-order valence-corrected chi connectivity index (χ2v) is 5.08. The van der Waals surface area contributed by atoms with Crippen molar-refractivity contribution >= 4 is 32.5 Å². The van der Waals surface area contributed by atoms with Crippen LogP contribution in [0.1, 0.15) is 0 Å². The van der Waals surface area contributed by atoms with Gasteiger partial charge in [0.25, 0.3) is 4.74 Å². The lowest BCUT2D eigenvalue weighted by atomic mass is 10.3. The number of sulfonamides is 1. The van der Waals surface area contributed by atoms with Crippen molar-refractivity contribution in [3.8, 4) is 0 Å². The molecule has 0 fully saturated rings. The van der Waals surface area contributed by atoms with E-state index >= 15 is 0 Å². The Balaban J connectivity index is 2.86. The number of aromatic amines is 1. The van der Waals surface area contributed by atoms with Gasteiger partial charge in [0, 0.05) is 0 Å². The molecule has 0 bridgehead atoms. The quantitative estimate of drug-likeness (QED) is 0.734. The van der Waals surface area contributed by atoms with E-state index in [2.05, 4.69) is 4.37 Å². The molecule has 5 nitrogen and oxygen atoms in total. The third-order valence-electron chi connectivity index (χ3n) is 1.79. The molecule has 74 valence electrons. The second kappa shape index (κ2) is 2.91. The molecule has 14 heavy (non-hydrogen) atoms. The molecule has 1 aromatic heterocycles. The van der Waals surface area contributed by atoms with E-state index in [-0.39, 0.29) is 9.64 Å². The summed E-state index contributed by atoms with van der Waals surface area (Å²) in [5.41, 5.74) is 0.618. The van der Waals surface area contributed by atoms with E-state index in [0.717, 1.165) is 11.5 Å². The van der Waals surface area contributed by atoms with Gasteiger partial charge >= 0.3 is 0 Å². The molecule has 2 aromatic rings. The minimum Gasteiger partial charge on any atom is -0.307 e. The van der Waals surface area contributed by atoms with Gasteiger partial charge in [0.1, 0.15) is 0 Å². The first-order chi connectivity index (χ1) is 6.48. The molecule has 0 amide bonds. The summed E-state index contributed by atoms with van der Waals surface area (Å²) in [6.07, 6.45) is 0. The maximum absolute atomic E-state index is 11.2. The van der Waals surface area contributed by atoms with Gasteiger partial charge in [-0.15, -0.1) is 0 Å². The Morgan fingerprint density at radius 1 is 1.36 bits per heavy atom. The molecule has 1 heterocycles. The van der Waals surface area contributed by atoms with E-state index in [1.54, 1.807) is 0 Å². The highest BCUT2D eigenvalue weighted by molar-refractivity contribution is 7.89. The Kier molecular flexibility index (Phi) is 1.95. The summed E-state index contributed by atoms with van der Waals surface area (Å²) in [6.45, 7) is 0. The van der Waals surface area contributed by atoms with Gasteiger partial charge in [-0.05, 0) is 29.7 Å². The number of nitrogens with two attached hydrogens (primary N) is 1. The highest BCUT2D eigenvalue weighted by Gasteiger charge is 2.10. The zero-order chi connectivity index (χ0) is 10.3. The van der Waals surface area contributed by atoms with E-state index in [1.165, 1.54) is 18.2 Å². The maximum Gasteiger partial charge on any atom is 0.257 e. The van der Waals surface area contributed by atoms with E-state index < -0.39 is 10.0 Å². The van der Waals surface area contributed by atoms with Crippen molar-refractivity contribution < 1.29 is 8.42 Å². The number of primary sulfonamides is 1. The molecule has 0 unspecified atom stereocenters. The number of fused-ring (bicyclic) bond motifs is 1. The highest BCUT2D eigenvalue weighted by Crippen LogP contribution is 2.14. The summed E-state index contributed by atoms with van der Waals surface area (Å²) in [4.78, 5) is 11.2. The van der Waals surface area contributed by atoms with Gasteiger partial charge in [-0.3, -0.25) is 4.79 Å². The smallest absolute Gasteiger partial charge is 0.257 e. The van der Waals surface area contributed by atoms with Crippen molar-refractivity contribution in [2.75, 3.05) is 0 Å². The molecular formula is C7H6N2O3S2. The van der Waals surface area contributed by atoms with Crippen molar-refractivity contribution in [3.05, 3.63) is 27.7 Å². The third-order valence-corrected chi connectivity index (χ3v) is 3.43. The number of hydrogen-bond acceptors (Lipinski definition) is 4. The largest absolute Gasteiger partial charge is 0.307 e. The molecule has 0 saturated carbocycles. The first-order valence-corrected chi connectivity index (χ1v) is 5.99. The fraction of sp³-hybridized carbons (Fsp3) is 0. The Bertz CT molecular complexity index is 638. The lowest BCUT2D eigenvalue weighted by molar-refractivity contribution is 0.598. The van der Waals surface area contributed by atoms with Crippen LogP contribution in [0.15, 0.2) is 27.9 Å². The Labute approximate surface area is 83.4 Å². The minimum absolute atomic E-state index is 0.0473. The topological polar surface area (TPSA) is 93.0 Å². The molecular weight excluding hydrogens is 224 g/mol. The van der Waals surface area contributed by atoms with Crippen LogP contribution in [0.25, 0.3) is 10.9 Å². The molecule has 0 aliphatic heterocycles. The van der Waals surface area contributed by atoms with Crippen LogP contribution in [0, 0.1) is 0 Å². The fourth-order valence-electron chi connectivity index (χ4n) is 1.11. The number of nitrogens with one attached hydrogen (secondary N) is 1. The average molecular weight is 230 g/mol. The summed E-state index contributed by atoms with van der Waals surface area (Å²) in [7, 11) is -3.74. The lowest BCUT2D eigenvalue weighted by Crippen LogP contribution is -2.12. The van der Waals surface area contributed by atoms with Crippen LogP contribution in [0.4, 0.5) is 0 Å². The molecule has 2 rings (SSSR count). The van der Waals surface area contributed by atoms with Gasteiger partial charge in [0.05, 0.1) is 15.8 Å². The molecule has 0 radical (unpaired) electrons. The van der Waals surface area contributed by atoms with E-state index in [0.29, 0.717) is 10.9 Å². The van der Waals surface area contributed by atoms with Crippen molar-refractivity contribution in [1.29, 1.82) is 0 Å². The molecule has 0 aliphatic rings. The lowest BCUT2D eigenvalue weighted by Gasteiger charge is -1.96. The second-order valence-electron chi connectivity index (χ2n) is 2.74. The number of H-pyrrole nitrogens is 1. The van der Waals surface area contributed by atoms with Crippen LogP contribution in [0.2, 0.25) is 0 Å². The van der Waals surface area contributed by atoms with Gasteiger partial charge in [0.2, 0.25) is 10.0 Å². The van der Waals surface area contributed by atoms with Crippen LogP contribution in [0.3, 0.4) is 0 Å². The first kappa shape index (κ1) is 9.38. The van der Waals surface area contributed by atoms with Crippen LogP contribution in [-0.4, -0.2) is 12.8 Å². The summed E-state index contributed by atoms with van der Waals surface area (Å²) in [5.74, 6) is 0. The number of rotatable bonds is 1. The third kappa shape index (κ3) is 1.45. The summed E-state index contributed by atoms with van der Waals surface area (Å²) in [5, 5.41) is 5.28. The predicted molar refractivity (Wildman–Crippen MR) is 53.8 cm³/mol. The fourth-order valence-corrected chi connectivity index (χ4v) is 2.31. The molecule has 0 atom stereocenters. The van der Waals surface area contributed by atoms with Gasteiger partial charge in [-0.2, -0.15) is 0 Å². The first-order valence-electron chi connectivity index (χ1n) is 3.62. The summed E-state index contributed by atoms with van der Waals surface area (Å²) in [6, 6.07) is 4.16. The number of aromatic nitrogens is 1. The number of hydrogen-bond donors (Lipinski definition) is 2. The van der Waals surface area contributed by atoms with Gasteiger partial charge in [0.15, 0.2) is 0 Å². The molecule has 3 N–H and O–H groups in total. The van der Waals surface area contributed by atoms with Gasteiger partial charge < -0.3 is 4.37 Å².